The Hall–Kier alpha value is 0.543. The van der Waals surface area contributed by atoms with Crippen molar-refractivity contribution in [3.05, 3.63) is 24.5 Å². The maximum atomic E-state index is 5.69. The van der Waals surface area contributed by atoms with E-state index in [1.54, 1.807) is 12.4 Å². The average molecular weight is 260 g/mol. The number of hydrogen-bond donors (Lipinski definition) is 0. The molecule has 0 fully saturated rings. The Kier molecular flexibility index (Phi) is 5.66. The minimum atomic E-state index is -0.843. The average Bonchev–Trinajstić information content (AvgIpc) is 1.90. The third-order valence-corrected chi connectivity index (χ3v) is 4.14. The van der Waals surface area contributed by atoms with Gasteiger partial charge in [0.1, 0.15) is 0 Å². The van der Waals surface area contributed by atoms with Crippen LogP contribution in [0.25, 0.3) is 0 Å². The molecule has 0 radical (unpaired) electrons. The van der Waals surface area contributed by atoms with Gasteiger partial charge in [0.25, 0.3) is 0 Å². The van der Waals surface area contributed by atoms with E-state index in [-0.39, 0.29) is 17.0 Å². The molecule has 0 aliphatic rings. The van der Waals surface area contributed by atoms with E-state index in [1.165, 1.54) is 4.16 Å². The monoisotopic (exact) mass is 257 g/mol. The molecule has 0 N–H and O–H groups in total. The Morgan fingerprint density at radius 1 is 1.33 bits per heavy atom. The van der Waals surface area contributed by atoms with Gasteiger partial charge in [0.15, 0.2) is 0 Å². The minimum absolute atomic E-state index is 0. The Morgan fingerprint density at radius 3 is 2.22 bits per heavy atom. The Bertz CT molecular complexity index is 158. The van der Waals surface area contributed by atoms with E-state index in [1.807, 2.05) is 12.1 Å². The van der Waals surface area contributed by atoms with Crippen LogP contribution in [-0.2, 0) is 16.1 Å². The number of pyridine rings is 1. The summed E-state index contributed by atoms with van der Waals surface area (Å²) in [6, 6.07) is 3.96. The van der Waals surface area contributed by atoms with E-state index in [9.17, 15) is 0 Å². The number of nitrogens with zero attached hydrogens (tertiary/aromatic N) is 1. The van der Waals surface area contributed by atoms with Crippen molar-refractivity contribution in [2.75, 3.05) is 0 Å². The summed E-state index contributed by atoms with van der Waals surface area (Å²) in [6.07, 6.45) is 3.56. The van der Waals surface area contributed by atoms with Gasteiger partial charge in [-0.1, -0.05) is 0 Å². The molecule has 1 rings (SSSR count). The van der Waals surface area contributed by atoms with Crippen LogP contribution >= 0.6 is 26.7 Å². The van der Waals surface area contributed by atoms with Crippen LogP contribution in [0.1, 0.15) is 0 Å². The molecule has 0 saturated carbocycles. The Balaban J connectivity index is 0.000000640. The summed E-state index contributed by atoms with van der Waals surface area (Å²) in [5, 5.41) is 0. The fourth-order valence-electron chi connectivity index (χ4n) is 0.472. The van der Waals surface area contributed by atoms with E-state index >= 15 is 0 Å². The molecular formula is C5H5BrClNZn. The molecule has 0 amide bonds. The fraction of sp³-hybridized carbons (Fsp3) is 0. The van der Waals surface area contributed by atoms with Crippen molar-refractivity contribution >= 4 is 30.8 Å². The second kappa shape index (κ2) is 5.34. The van der Waals surface area contributed by atoms with Gasteiger partial charge in [0, 0.05) is 0 Å². The van der Waals surface area contributed by atoms with Crippen molar-refractivity contribution in [3.8, 4) is 0 Å². The van der Waals surface area contributed by atoms with Crippen molar-refractivity contribution in [1.82, 2.24) is 4.98 Å². The van der Waals surface area contributed by atoms with Gasteiger partial charge in [-0.2, -0.15) is 0 Å². The van der Waals surface area contributed by atoms with Crippen molar-refractivity contribution in [1.29, 1.82) is 0 Å². The molecule has 1 aromatic heterocycles. The number of aromatic nitrogens is 1. The molecule has 9 heavy (non-hydrogen) atoms. The molecule has 0 unspecified atom stereocenters. The van der Waals surface area contributed by atoms with Crippen molar-refractivity contribution in [3.63, 3.8) is 0 Å². The summed E-state index contributed by atoms with van der Waals surface area (Å²) >= 11 is -0.843. The molecule has 0 spiro atoms. The molecule has 0 aromatic carbocycles. The molecule has 4 heteroatoms. The predicted molar refractivity (Wildman–Crippen MR) is 40.0 cm³/mol. The normalized spacial score (nSPS) is 7.22. The molecule has 1 nitrogen and oxygen atoms in total. The molecular weight excluding hydrogens is 255 g/mol. The van der Waals surface area contributed by atoms with Crippen LogP contribution in [0.2, 0.25) is 0 Å². The fourth-order valence-corrected chi connectivity index (χ4v) is 2.21. The van der Waals surface area contributed by atoms with Gasteiger partial charge < -0.3 is 0 Å². The Labute approximate surface area is 76.2 Å². The van der Waals surface area contributed by atoms with Gasteiger partial charge in [-0.05, 0) is 0 Å². The van der Waals surface area contributed by atoms with Gasteiger partial charge >= 0.3 is 59.5 Å². The number of hydrogen-bond acceptors (Lipinski definition) is 1. The molecule has 46 valence electrons. The SMILES string of the molecule is Br.[Cl][Zn][c]1ccncc1. The summed E-state index contributed by atoms with van der Waals surface area (Å²) in [5.74, 6) is 0. The molecule has 0 saturated heterocycles. The van der Waals surface area contributed by atoms with Gasteiger partial charge in [-0.3, -0.25) is 0 Å². The van der Waals surface area contributed by atoms with Gasteiger partial charge in [0.05, 0.1) is 0 Å². The molecule has 1 aromatic rings. The van der Waals surface area contributed by atoms with E-state index < -0.39 is 16.1 Å². The molecule has 0 bridgehead atoms. The van der Waals surface area contributed by atoms with E-state index in [0.717, 1.165) is 0 Å². The maximum absolute atomic E-state index is 5.69. The second-order valence-corrected chi connectivity index (χ2v) is 5.15. The third-order valence-electron chi connectivity index (χ3n) is 0.904. The second-order valence-electron chi connectivity index (χ2n) is 1.49. The van der Waals surface area contributed by atoms with Crippen molar-refractivity contribution in [2.24, 2.45) is 0 Å². The van der Waals surface area contributed by atoms with Crippen LogP contribution in [0.15, 0.2) is 24.5 Å². The van der Waals surface area contributed by atoms with E-state index in [2.05, 4.69) is 4.98 Å². The molecule has 1 heterocycles. The zero-order valence-electron chi connectivity index (χ0n) is 4.75. The topological polar surface area (TPSA) is 12.9 Å². The first-order chi connectivity index (χ1) is 3.93. The number of halogens is 2. The van der Waals surface area contributed by atoms with Gasteiger partial charge in [-0.25, -0.2) is 0 Å². The Morgan fingerprint density at radius 2 is 1.89 bits per heavy atom. The van der Waals surface area contributed by atoms with Crippen LogP contribution in [0, 0.1) is 0 Å². The first-order valence-corrected chi connectivity index (χ1v) is 7.76. The van der Waals surface area contributed by atoms with Crippen LogP contribution in [0.4, 0.5) is 0 Å². The van der Waals surface area contributed by atoms with Crippen LogP contribution in [0.5, 0.6) is 0 Å². The first-order valence-electron chi connectivity index (χ1n) is 2.38. The molecule has 0 aliphatic carbocycles. The molecule has 0 aliphatic heterocycles. The third kappa shape index (κ3) is 3.29. The van der Waals surface area contributed by atoms with Gasteiger partial charge in [0.2, 0.25) is 0 Å². The van der Waals surface area contributed by atoms with E-state index in [0.29, 0.717) is 0 Å². The quantitative estimate of drug-likeness (QED) is 0.697. The van der Waals surface area contributed by atoms with Crippen molar-refractivity contribution < 1.29 is 16.1 Å². The zero-order chi connectivity index (χ0) is 5.82. The predicted octanol–water partition coefficient (Wildman–Crippen LogP) is 1.52. The first kappa shape index (κ1) is 9.54. The van der Waals surface area contributed by atoms with Crippen molar-refractivity contribution in [2.45, 2.75) is 0 Å². The standard InChI is InChI=1S/C5H4N.BrH.ClH.Zn/c1-2-4-6-5-3-1;;;/h2-5H;2*1H;/q;;;+1/p-1. The zero-order valence-corrected chi connectivity index (χ0v) is 10.2. The summed E-state index contributed by atoms with van der Waals surface area (Å²) in [6.45, 7) is 0. The molecule has 0 atom stereocenters. The van der Waals surface area contributed by atoms with E-state index in [4.69, 9.17) is 9.69 Å². The van der Waals surface area contributed by atoms with Crippen LogP contribution < -0.4 is 4.16 Å². The van der Waals surface area contributed by atoms with Crippen LogP contribution in [-0.4, -0.2) is 4.98 Å². The van der Waals surface area contributed by atoms with Crippen LogP contribution in [0.3, 0.4) is 0 Å². The van der Waals surface area contributed by atoms with Gasteiger partial charge in [-0.15, -0.1) is 17.0 Å². The summed E-state index contributed by atoms with van der Waals surface area (Å²) < 4.78 is 1.30. The number of rotatable bonds is 1. The summed E-state index contributed by atoms with van der Waals surface area (Å²) in [5.41, 5.74) is 0. The summed E-state index contributed by atoms with van der Waals surface area (Å²) in [7, 11) is 5.69. The summed E-state index contributed by atoms with van der Waals surface area (Å²) in [4.78, 5) is 3.86.